The van der Waals surface area contributed by atoms with Crippen LogP contribution in [-0.2, 0) is 16.1 Å². The van der Waals surface area contributed by atoms with Gasteiger partial charge in [0.05, 0.1) is 30.0 Å². The quantitative estimate of drug-likeness (QED) is 0.613. The van der Waals surface area contributed by atoms with Gasteiger partial charge in [0, 0.05) is 0 Å². The largest absolute Gasteiger partial charge is 0.278 e. The topological polar surface area (TPSA) is 61.2 Å². The lowest BCUT2D eigenvalue weighted by molar-refractivity contribution is -0.141. The molecule has 1 aliphatic heterocycles. The molecule has 1 aromatic carbocycles. The second-order valence-electron chi connectivity index (χ2n) is 6.07. The van der Waals surface area contributed by atoms with Crippen molar-refractivity contribution >= 4 is 11.8 Å². The summed E-state index contributed by atoms with van der Waals surface area (Å²) < 4.78 is 0. The Kier molecular flexibility index (Phi) is 2.52. The van der Waals surface area contributed by atoms with Gasteiger partial charge in [0.2, 0.25) is 11.8 Å². The molecule has 1 saturated heterocycles. The van der Waals surface area contributed by atoms with Crippen LogP contribution in [0.15, 0.2) is 36.4 Å². The number of nitrogens with zero attached hydrogens (tertiary/aromatic N) is 2. The molecule has 1 saturated carbocycles. The van der Waals surface area contributed by atoms with Crippen LogP contribution in [0.4, 0.5) is 0 Å². The Labute approximate surface area is 122 Å². The second-order valence-corrected chi connectivity index (χ2v) is 6.07. The van der Waals surface area contributed by atoms with E-state index in [4.69, 9.17) is 5.26 Å². The number of amides is 2. The SMILES string of the molecule is N#Cc1ccc(CN2C(=O)C3C4C=CC(C4)C3C2=O)cc1. The van der Waals surface area contributed by atoms with Crippen LogP contribution in [0.25, 0.3) is 0 Å². The van der Waals surface area contributed by atoms with Crippen molar-refractivity contribution in [2.45, 2.75) is 13.0 Å². The molecule has 4 nitrogen and oxygen atoms in total. The third-order valence-corrected chi connectivity index (χ3v) is 4.99. The molecule has 0 spiro atoms. The second kappa shape index (κ2) is 4.29. The van der Waals surface area contributed by atoms with Crippen molar-refractivity contribution in [3.05, 3.63) is 47.5 Å². The van der Waals surface area contributed by atoms with E-state index in [9.17, 15) is 9.59 Å². The van der Waals surface area contributed by atoms with Crippen LogP contribution in [0, 0.1) is 35.0 Å². The van der Waals surface area contributed by atoms with Gasteiger partial charge in [-0.1, -0.05) is 24.3 Å². The molecule has 4 atom stereocenters. The molecule has 2 aliphatic carbocycles. The zero-order chi connectivity index (χ0) is 14.6. The van der Waals surface area contributed by atoms with E-state index in [1.54, 1.807) is 24.3 Å². The molecule has 1 heterocycles. The summed E-state index contributed by atoms with van der Waals surface area (Å²) >= 11 is 0. The van der Waals surface area contributed by atoms with E-state index in [0.717, 1.165) is 12.0 Å². The molecule has 2 bridgehead atoms. The maximum Gasteiger partial charge on any atom is 0.234 e. The van der Waals surface area contributed by atoms with E-state index in [1.807, 2.05) is 0 Å². The third-order valence-electron chi connectivity index (χ3n) is 4.99. The predicted octanol–water partition coefficient (Wildman–Crippen LogP) is 1.87. The number of imide groups is 1. The summed E-state index contributed by atoms with van der Waals surface area (Å²) in [6.07, 6.45) is 5.15. The van der Waals surface area contributed by atoms with Crippen LogP contribution >= 0.6 is 0 Å². The number of carbonyl (C=O) groups is 2. The van der Waals surface area contributed by atoms with Crippen molar-refractivity contribution in [1.82, 2.24) is 4.90 Å². The number of nitriles is 1. The zero-order valence-electron chi connectivity index (χ0n) is 11.4. The number of likely N-dealkylation sites (tertiary alicyclic amines) is 1. The third kappa shape index (κ3) is 1.67. The summed E-state index contributed by atoms with van der Waals surface area (Å²) in [4.78, 5) is 26.5. The summed E-state index contributed by atoms with van der Waals surface area (Å²) in [6.45, 7) is 0.315. The van der Waals surface area contributed by atoms with Crippen molar-refractivity contribution in [1.29, 1.82) is 5.26 Å². The van der Waals surface area contributed by atoms with E-state index in [1.165, 1.54) is 4.90 Å². The molecule has 104 valence electrons. The number of fused-ring (bicyclic) bond motifs is 5. The molecule has 0 radical (unpaired) electrons. The highest BCUT2D eigenvalue weighted by atomic mass is 16.2. The standard InChI is InChI=1S/C17H14N2O2/c18-8-10-1-3-11(4-2-10)9-19-16(20)14-12-5-6-13(7-12)15(14)17(19)21/h1-6,12-15H,7,9H2. The van der Waals surface area contributed by atoms with Crippen LogP contribution in [0.3, 0.4) is 0 Å². The molecule has 0 N–H and O–H groups in total. The molecule has 1 aromatic rings. The van der Waals surface area contributed by atoms with E-state index >= 15 is 0 Å². The Balaban J connectivity index is 1.58. The molecule has 4 unspecified atom stereocenters. The van der Waals surface area contributed by atoms with Gasteiger partial charge in [-0.25, -0.2) is 0 Å². The van der Waals surface area contributed by atoms with Gasteiger partial charge in [-0.15, -0.1) is 0 Å². The number of hydrogen-bond donors (Lipinski definition) is 0. The molecular weight excluding hydrogens is 264 g/mol. The normalized spacial score (nSPS) is 32.6. The molecule has 21 heavy (non-hydrogen) atoms. The number of hydrogen-bond acceptors (Lipinski definition) is 3. The molecule has 3 aliphatic rings. The average molecular weight is 278 g/mol. The van der Waals surface area contributed by atoms with Gasteiger partial charge in [-0.05, 0) is 36.0 Å². The van der Waals surface area contributed by atoms with Gasteiger partial charge >= 0.3 is 0 Å². The van der Waals surface area contributed by atoms with Crippen LogP contribution in [0.2, 0.25) is 0 Å². The minimum Gasteiger partial charge on any atom is -0.278 e. The van der Waals surface area contributed by atoms with Gasteiger partial charge in [-0.2, -0.15) is 5.26 Å². The average Bonchev–Trinajstić information content (AvgIpc) is 3.18. The van der Waals surface area contributed by atoms with E-state index in [-0.39, 0.29) is 35.5 Å². The lowest BCUT2D eigenvalue weighted by Gasteiger charge is -2.17. The van der Waals surface area contributed by atoms with Gasteiger partial charge in [0.25, 0.3) is 0 Å². The minimum absolute atomic E-state index is 0.0220. The highest BCUT2D eigenvalue weighted by Gasteiger charge is 2.59. The van der Waals surface area contributed by atoms with Gasteiger partial charge in [0.15, 0.2) is 0 Å². The smallest absolute Gasteiger partial charge is 0.234 e. The number of carbonyl (C=O) groups excluding carboxylic acids is 2. The first-order valence-electron chi connectivity index (χ1n) is 7.21. The van der Waals surface area contributed by atoms with E-state index in [0.29, 0.717) is 12.1 Å². The fourth-order valence-corrected chi connectivity index (χ4v) is 3.99. The summed E-state index contributed by atoms with van der Waals surface area (Å²) in [5.41, 5.74) is 1.47. The lowest BCUT2D eigenvalue weighted by Crippen LogP contribution is -2.32. The molecule has 0 aromatic heterocycles. The Morgan fingerprint density at radius 1 is 1.05 bits per heavy atom. The van der Waals surface area contributed by atoms with E-state index in [2.05, 4.69) is 18.2 Å². The predicted molar refractivity (Wildman–Crippen MR) is 74.4 cm³/mol. The van der Waals surface area contributed by atoms with Crippen LogP contribution in [-0.4, -0.2) is 16.7 Å². The minimum atomic E-state index is -0.133. The first-order chi connectivity index (χ1) is 10.2. The Morgan fingerprint density at radius 2 is 1.62 bits per heavy atom. The highest BCUT2D eigenvalue weighted by molar-refractivity contribution is 6.06. The number of benzene rings is 1. The molecular formula is C17H14N2O2. The zero-order valence-corrected chi connectivity index (χ0v) is 11.4. The Bertz CT molecular complexity index is 668. The maximum absolute atomic E-state index is 12.5. The highest BCUT2D eigenvalue weighted by Crippen LogP contribution is 2.52. The summed E-state index contributed by atoms with van der Waals surface area (Å²) in [5, 5.41) is 8.80. The first kappa shape index (κ1) is 12.3. The lowest BCUT2D eigenvalue weighted by atomic mass is 9.85. The summed E-state index contributed by atoms with van der Waals surface area (Å²) in [5.74, 6) is 0.194. The molecule has 4 rings (SSSR count). The van der Waals surface area contributed by atoms with Crippen molar-refractivity contribution < 1.29 is 9.59 Å². The number of allylic oxidation sites excluding steroid dienone is 2. The molecule has 4 heteroatoms. The molecule has 2 amide bonds. The fourth-order valence-electron chi connectivity index (χ4n) is 3.99. The van der Waals surface area contributed by atoms with Crippen molar-refractivity contribution in [2.24, 2.45) is 23.7 Å². The van der Waals surface area contributed by atoms with Gasteiger partial charge < -0.3 is 0 Å². The van der Waals surface area contributed by atoms with Crippen LogP contribution in [0.1, 0.15) is 17.5 Å². The monoisotopic (exact) mass is 278 g/mol. The first-order valence-corrected chi connectivity index (χ1v) is 7.21. The van der Waals surface area contributed by atoms with Crippen LogP contribution < -0.4 is 0 Å². The van der Waals surface area contributed by atoms with Crippen LogP contribution in [0.5, 0.6) is 0 Å². The van der Waals surface area contributed by atoms with Crippen molar-refractivity contribution in [3.8, 4) is 6.07 Å². The van der Waals surface area contributed by atoms with E-state index < -0.39 is 0 Å². The fraction of sp³-hybridized carbons (Fsp3) is 0.353. The van der Waals surface area contributed by atoms with Gasteiger partial charge in [-0.3, -0.25) is 14.5 Å². The Morgan fingerprint density at radius 3 is 2.14 bits per heavy atom. The summed E-state index contributed by atoms with van der Waals surface area (Å²) in [6, 6.07) is 9.10. The Hall–Kier alpha value is -2.41. The van der Waals surface area contributed by atoms with Gasteiger partial charge in [0.1, 0.15) is 0 Å². The summed E-state index contributed by atoms with van der Waals surface area (Å²) in [7, 11) is 0. The molecule has 2 fully saturated rings. The number of rotatable bonds is 2. The van der Waals surface area contributed by atoms with Crippen molar-refractivity contribution in [3.63, 3.8) is 0 Å². The maximum atomic E-state index is 12.5. The van der Waals surface area contributed by atoms with Crippen molar-refractivity contribution in [2.75, 3.05) is 0 Å².